The maximum Gasteiger partial charge on any atom is 0.256 e. The number of hydrogen-bond acceptors (Lipinski definition) is 7. The van der Waals surface area contributed by atoms with Crippen molar-refractivity contribution in [1.82, 2.24) is 19.4 Å². The van der Waals surface area contributed by atoms with Crippen LogP contribution in [-0.4, -0.2) is 49.2 Å². The molecule has 2 bridgehead atoms. The number of benzene rings is 1. The van der Waals surface area contributed by atoms with Crippen molar-refractivity contribution >= 4 is 34.7 Å². The molecule has 3 atom stereocenters. The van der Waals surface area contributed by atoms with Gasteiger partial charge in [0.15, 0.2) is 0 Å². The zero-order valence-corrected chi connectivity index (χ0v) is 21.2. The van der Waals surface area contributed by atoms with Gasteiger partial charge in [-0.05, 0) is 61.9 Å². The second kappa shape index (κ2) is 9.61. The zero-order chi connectivity index (χ0) is 26.4. The fourth-order valence-electron chi connectivity index (χ4n) is 5.81. The highest BCUT2D eigenvalue weighted by molar-refractivity contribution is 6.30. The average Bonchev–Trinajstić information content (AvgIpc) is 3.33. The molecule has 1 aliphatic carbocycles. The van der Waals surface area contributed by atoms with E-state index in [9.17, 15) is 9.90 Å². The molecule has 2 fully saturated rings. The first-order chi connectivity index (χ1) is 18.4. The second-order valence-electron chi connectivity index (χ2n) is 9.92. The number of imidazole rings is 1. The van der Waals surface area contributed by atoms with Crippen molar-refractivity contribution in [3.8, 4) is 11.3 Å². The normalized spacial score (nSPS) is 22.9. The molecule has 3 aromatic heterocycles. The first kappa shape index (κ1) is 24.7. The molecular formula is C27H26ClFN6O3. The third-order valence-corrected chi connectivity index (χ3v) is 7.96. The number of aliphatic hydroxyl groups excluding tert-OH is 1. The molecule has 1 aromatic carbocycles. The molecule has 6 rings (SSSR count). The molecular weight excluding hydrogens is 511 g/mol. The number of rotatable bonds is 5. The Hall–Kier alpha value is -3.60. The highest BCUT2D eigenvalue weighted by Crippen LogP contribution is 2.49. The molecule has 11 heteroatoms. The van der Waals surface area contributed by atoms with E-state index in [2.05, 4.69) is 15.3 Å². The third-order valence-electron chi connectivity index (χ3n) is 7.69. The minimum absolute atomic E-state index is 0.0191. The van der Waals surface area contributed by atoms with Crippen molar-refractivity contribution in [3.05, 3.63) is 71.2 Å². The minimum atomic E-state index is -0.626. The number of carbonyl (C=O) groups is 1. The number of aromatic nitrogens is 4. The van der Waals surface area contributed by atoms with Crippen LogP contribution in [0.4, 0.5) is 16.0 Å². The summed E-state index contributed by atoms with van der Waals surface area (Å²) in [5, 5.41) is 12.9. The minimum Gasteiger partial charge on any atom is -0.393 e. The van der Waals surface area contributed by atoms with Crippen molar-refractivity contribution in [3.63, 3.8) is 0 Å². The summed E-state index contributed by atoms with van der Waals surface area (Å²) < 4.78 is 23.3. The number of hydrogen-bond donors (Lipinski definition) is 3. The van der Waals surface area contributed by atoms with Crippen molar-refractivity contribution in [1.29, 1.82) is 0 Å². The molecule has 196 valence electrons. The molecule has 1 saturated carbocycles. The van der Waals surface area contributed by atoms with Gasteiger partial charge in [0.25, 0.3) is 5.91 Å². The van der Waals surface area contributed by atoms with Crippen molar-refractivity contribution < 1.29 is 19.0 Å². The maximum absolute atomic E-state index is 15.6. The highest BCUT2D eigenvalue weighted by atomic mass is 35.5. The number of halogens is 2. The van der Waals surface area contributed by atoms with E-state index in [-0.39, 0.29) is 35.4 Å². The van der Waals surface area contributed by atoms with Gasteiger partial charge in [-0.3, -0.25) is 9.20 Å². The summed E-state index contributed by atoms with van der Waals surface area (Å²) in [6, 6.07) is 9.34. The largest absolute Gasteiger partial charge is 0.393 e. The summed E-state index contributed by atoms with van der Waals surface area (Å²) in [7, 11) is 0. The molecule has 4 heterocycles. The summed E-state index contributed by atoms with van der Waals surface area (Å²) in [6.07, 6.45) is 5.97. The number of nitrogens with two attached hydrogens (primary N) is 1. The fraction of sp³-hybridized carbons (Fsp3) is 0.333. The van der Waals surface area contributed by atoms with Gasteiger partial charge in [-0.1, -0.05) is 17.7 Å². The Labute approximate surface area is 222 Å². The van der Waals surface area contributed by atoms with Gasteiger partial charge in [0.1, 0.15) is 39.6 Å². The molecule has 1 saturated heterocycles. The van der Waals surface area contributed by atoms with Crippen LogP contribution in [0.1, 0.15) is 47.8 Å². The second-order valence-corrected chi connectivity index (χ2v) is 10.3. The van der Waals surface area contributed by atoms with Gasteiger partial charge in [-0.15, -0.1) is 0 Å². The molecule has 1 aliphatic heterocycles. The molecule has 0 spiro atoms. The highest BCUT2D eigenvalue weighted by Gasteiger charge is 2.46. The smallest absolute Gasteiger partial charge is 0.256 e. The lowest BCUT2D eigenvalue weighted by molar-refractivity contribution is -0.150. The molecule has 4 N–H and O–H groups in total. The van der Waals surface area contributed by atoms with Crippen LogP contribution >= 0.6 is 11.6 Å². The van der Waals surface area contributed by atoms with Gasteiger partial charge < -0.3 is 20.9 Å². The van der Waals surface area contributed by atoms with Crippen LogP contribution < -0.4 is 11.1 Å². The molecule has 0 radical (unpaired) electrons. The lowest BCUT2D eigenvalue weighted by Gasteiger charge is -2.47. The van der Waals surface area contributed by atoms with Gasteiger partial charge in [-0.25, -0.2) is 19.3 Å². The van der Waals surface area contributed by atoms with Crippen LogP contribution in [0.3, 0.4) is 0 Å². The number of anilines is 2. The van der Waals surface area contributed by atoms with Gasteiger partial charge in [0.05, 0.1) is 18.4 Å². The molecule has 38 heavy (non-hydrogen) atoms. The van der Waals surface area contributed by atoms with Crippen LogP contribution in [0.2, 0.25) is 5.15 Å². The van der Waals surface area contributed by atoms with E-state index in [1.54, 1.807) is 28.8 Å². The number of pyridine rings is 1. The van der Waals surface area contributed by atoms with Gasteiger partial charge >= 0.3 is 0 Å². The van der Waals surface area contributed by atoms with Gasteiger partial charge in [0, 0.05) is 29.8 Å². The number of amides is 1. The Balaban J connectivity index is 1.40. The number of nitrogens with one attached hydrogen (secondary N) is 1. The zero-order valence-electron chi connectivity index (χ0n) is 20.4. The summed E-state index contributed by atoms with van der Waals surface area (Å²) in [5.41, 5.74) is 6.83. The van der Waals surface area contributed by atoms with Crippen molar-refractivity contribution in [2.45, 2.75) is 37.2 Å². The first-order valence-electron chi connectivity index (χ1n) is 12.5. The SMILES string of the molecule is Nc1ncc(Cl)n2c(C3CCC4(CO)CC3CCO4)nc(-c3ccc(C(=O)Nc4ccccn4)cc3F)c12. The number of carbonyl (C=O) groups excluding carboxylic acids is 1. The summed E-state index contributed by atoms with van der Waals surface area (Å²) in [4.78, 5) is 25.9. The first-order valence-corrected chi connectivity index (χ1v) is 12.9. The van der Waals surface area contributed by atoms with Crippen LogP contribution in [-0.2, 0) is 4.74 Å². The Morgan fingerprint density at radius 3 is 2.92 bits per heavy atom. The van der Waals surface area contributed by atoms with Gasteiger partial charge in [-0.2, -0.15) is 0 Å². The number of nitrogens with zero attached hydrogens (tertiary/aromatic N) is 4. The number of ether oxygens (including phenoxy) is 1. The van der Waals surface area contributed by atoms with Crippen molar-refractivity contribution in [2.75, 3.05) is 24.3 Å². The van der Waals surface area contributed by atoms with Crippen LogP contribution in [0.15, 0.2) is 48.8 Å². The van der Waals surface area contributed by atoms with E-state index in [0.717, 1.165) is 12.8 Å². The Bertz CT molecular complexity index is 1530. The molecule has 3 unspecified atom stereocenters. The molecule has 9 nitrogen and oxygen atoms in total. The summed E-state index contributed by atoms with van der Waals surface area (Å²) in [6.45, 7) is 0.541. The molecule has 4 aromatic rings. The van der Waals surface area contributed by atoms with E-state index in [1.165, 1.54) is 24.4 Å². The van der Waals surface area contributed by atoms with Crippen molar-refractivity contribution in [2.24, 2.45) is 5.92 Å². The topological polar surface area (TPSA) is 128 Å². The lowest BCUT2D eigenvalue weighted by Crippen LogP contribution is -2.48. The van der Waals surface area contributed by atoms with Crippen LogP contribution in [0.25, 0.3) is 16.8 Å². The van der Waals surface area contributed by atoms with Crippen LogP contribution in [0.5, 0.6) is 0 Å². The van der Waals surface area contributed by atoms with Gasteiger partial charge in [0.2, 0.25) is 0 Å². The Kier molecular flexibility index (Phi) is 6.25. The number of fused-ring (bicyclic) bond motifs is 3. The predicted molar refractivity (Wildman–Crippen MR) is 140 cm³/mol. The summed E-state index contributed by atoms with van der Waals surface area (Å²) >= 11 is 6.61. The monoisotopic (exact) mass is 536 g/mol. The fourth-order valence-corrected chi connectivity index (χ4v) is 6.03. The molecule has 1 amide bonds. The quantitative estimate of drug-likeness (QED) is 0.344. The Morgan fingerprint density at radius 2 is 2.16 bits per heavy atom. The molecule has 2 aliphatic rings. The van der Waals surface area contributed by atoms with E-state index in [0.29, 0.717) is 47.5 Å². The average molecular weight is 537 g/mol. The standard InChI is InChI=1S/C27H26ClFN6O3/c28-20-13-32-24(30)23-22(18-5-4-15(11-19(18)29)26(37)33-21-3-1-2-9-31-21)34-25(35(20)23)17-6-8-27(14-36)12-16(17)7-10-38-27/h1-5,9,11,13,16-17,36H,6-8,10,12,14H2,(H2,30,32)(H,31,33,37). The number of aliphatic hydroxyl groups is 1. The lowest BCUT2D eigenvalue weighted by atomic mass is 9.68. The van der Waals surface area contributed by atoms with E-state index in [4.69, 9.17) is 27.1 Å². The maximum atomic E-state index is 15.6. The summed E-state index contributed by atoms with van der Waals surface area (Å²) in [5.74, 6) is 0.352. The third kappa shape index (κ3) is 4.18. The Morgan fingerprint density at radius 1 is 1.29 bits per heavy atom. The van der Waals surface area contributed by atoms with E-state index >= 15 is 4.39 Å². The number of nitrogen functional groups attached to an aromatic ring is 1. The van der Waals surface area contributed by atoms with E-state index in [1.807, 2.05) is 0 Å². The van der Waals surface area contributed by atoms with E-state index < -0.39 is 17.3 Å². The van der Waals surface area contributed by atoms with Crippen LogP contribution in [0, 0.1) is 11.7 Å². The predicted octanol–water partition coefficient (Wildman–Crippen LogP) is 4.45.